The Labute approximate surface area is 163 Å². The zero-order valence-electron chi connectivity index (χ0n) is 15.6. The van der Waals surface area contributed by atoms with Crippen LogP contribution >= 0.6 is 0 Å². The van der Waals surface area contributed by atoms with Crippen LogP contribution < -0.4 is 15.6 Å². The van der Waals surface area contributed by atoms with Crippen molar-refractivity contribution in [3.63, 3.8) is 0 Å². The van der Waals surface area contributed by atoms with Gasteiger partial charge in [-0.05, 0) is 35.9 Å². The molecule has 1 N–H and O–H groups in total. The zero-order chi connectivity index (χ0) is 19.3. The first-order valence-electron chi connectivity index (χ1n) is 9.19. The molecule has 3 heterocycles. The zero-order valence-corrected chi connectivity index (χ0v) is 15.6. The lowest BCUT2D eigenvalue weighted by molar-refractivity contribution is 0.181. The Morgan fingerprint density at radius 3 is 2.64 bits per heavy atom. The van der Waals surface area contributed by atoms with Crippen LogP contribution in [0.5, 0.6) is 5.75 Å². The lowest BCUT2D eigenvalue weighted by Crippen LogP contribution is -2.41. The number of nitrogens with zero attached hydrogens (tertiary/aromatic N) is 3. The topological polar surface area (TPSA) is 78.3 Å². The second-order valence-electron chi connectivity index (χ2n) is 6.68. The molecule has 1 aliphatic heterocycles. The largest absolute Gasteiger partial charge is 0.497 e. The summed E-state index contributed by atoms with van der Waals surface area (Å²) in [5, 5.41) is 8.09. The minimum absolute atomic E-state index is 0.00000769. The van der Waals surface area contributed by atoms with E-state index in [2.05, 4.69) is 15.4 Å². The predicted molar refractivity (Wildman–Crippen MR) is 105 cm³/mol. The highest BCUT2D eigenvalue weighted by Gasteiger charge is 2.31. The molecule has 28 heavy (non-hydrogen) atoms. The van der Waals surface area contributed by atoms with Crippen molar-refractivity contribution in [1.29, 1.82) is 0 Å². The fourth-order valence-corrected chi connectivity index (χ4v) is 3.31. The maximum absolute atomic E-state index is 12.5. The Bertz CT molecular complexity index is 973. The molecule has 4 rings (SSSR count). The molecule has 1 aromatic carbocycles. The Balaban J connectivity index is 1.52. The van der Waals surface area contributed by atoms with Gasteiger partial charge in [0.2, 0.25) is 0 Å². The molecule has 0 saturated carbocycles. The van der Waals surface area contributed by atoms with E-state index in [4.69, 9.17) is 9.47 Å². The molecule has 7 heteroatoms. The van der Waals surface area contributed by atoms with E-state index < -0.39 is 0 Å². The first kappa shape index (κ1) is 18.3. The molecule has 2 atom stereocenters. The van der Waals surface area contributed by atoms with Crippen LogP contribution in [0, 0.1) is 0 Å². The van der Waals surface area contributed by atoms with Crippen LogP contribution in [0.4, 0.5) is 0 Å². The summed E-state index contributed by atoms with van der Waals surface area (Å²) in [5.41, 5.74) is 2.66. The molecule has 2 unspecified atom stereocenters. The summed E-state index contributed by atoms with van der Waals surface area (Å²) in [5.74, 6) is 0.828. The van der Waals surface area contributed by atoms with Crippen molar-refractivity contribution in [2.45, 2.75) is 18.6 Å². The quantitative estimate of drug-likeness (QED) is 0.707. The molecule has 0 amide bonds. The number of ether oxygens (including phenoxy) is 2. The normalized spacial score (nSPS) is 18.9. The number of hydrogen-bond donors (Lipinski definition) is 1. The molecule has 1 aliphatic rings. The van der Waals surface area contributed by atoms with Gasteiger partial charge in [-0.25, -0.2) is 4.68 Å². The number of rotatable bonds is 6. The van der Waals surface area contributed by atoms with Crippen molar-refractivity contribution < 1.29 is 9.47 Å². The Morgan fingerprint density at radius 1 is 1.11 bits per heavy atom. The van der Waals surface area contributed by atoms with Crippen molar-refractivity contribution in [3.8, 4) is 17.0 Å². The fourth-order valence-electron chi connectivity index (χ4n) is 3.31. The molecule has 0 radical (unpaired) electrons. The van der Waals surface area contributed by atoms with E-state index in [1.807, 2.05) is 36.4 Å². The molecule has 0 bridgehead atoms. The van der Waals surface area contributed by atoms with E-state index in [-0.39, 0.29) is 17.6 Å². The van der Waals surface area contributed by atoms with Crippen molar-refractivity contribution >= 4 is 0 Å². The van der Waals surface area contributed by atoms with Crippen molar-refractivity contribution in [2.24, 2.45) is 0 Å². The molecule has 0 spiro atoms. The van der Waals surface area contributed by atoms with Gasteiger partial charge in [0.05, 0.1) is 38.1 Å². The van der Waals surface area contributed by atoms with Crippen LogP contribution in [-0.2, 0) is 11.3 Å². The van der Waals surface area contributed by atoms with Crippen molar-refractivity contribution in [1.82, 2.24) is 20.1 Å². The average Bonchev–Trinajstić information content (AvgIpc) is 3.22. The molecule has 7 nitrogen and oxygen atoms in total. The number of aromatic nitrogens is 3. The van der Waals surface area contributed by atoms with Crippen LogP contribution in [0.2, 0.25) is 0 Å². The highest BCUT2D eigenvalue weighted by Crippen LogP contribution is 2.20. The third-order valence-electron chi connectivity index (χ3n) is 4.89. The minimum atomic E-state index is -0.160. The molecule has 1 saturated heterocycles. The standard InChI is InChI=1S/C21H22N4O3/c1-27-17-4-2-15(3-5-17)12-23-19-13-28-14-20(19)25-21(26)7-6-18(24-25)16-8-10-22-11-9-16/h2-11,19-20,23H,12-14H2,1H3. The predicted octanol–water partition coefficient (Wildman–Crippen LogP) is 2.04. The SMILES string of the molecule is COc1ccc(CNC2COCC2n2nc(-c3ccncc3)ccc2=O)cc1. The number of benzene rings is 1. The van der Waals surface area contributed by atoms with Gasteiger partial charge in [-0.3, -0.25) is 9.78 Å². The Kier molecular flexibility index (Phi) is 5.45. The molecule has 3 aromatic rings. The molecule has 144 valence electrons. The first-order chi connectivity index (χ1) is 13.7. The van der Waals surface area contributed by atoms with Gasteiger partial charge in [0, 0.05) is 30.6 Å². The van der Waals surface area contributed by atoms with Crippen LogP contribution in [0.15, 0.2) is 65.7 Å². The average molecular weight is 378 g/mol. The molecule has 0 aliphatic carbocycles. The molecular weight excluding hydrogens is 356 g/mol. The van der Waals surface area contributed by atoms with Gasteiger partial charge in [0.25, 0.3) is 5.56 Å². The van der Waals surface area contributed by atoms with Gasteiger partial charge in [-0.2, -0.15) is 5.10 Å². The van der Waals surface area contributed by atoms with E-state index >= 15 is 0 Å². The number of hydrogen-bond acceptors (Lipinski definition) is 6. The van der Waals surface area contributed by atoms with E-state index in [1.54, 1.807) is 31.6 Å². The van der Waals surface area contributed by atoms with Gasteiger partial charge in [-0.1, -0.05) is 12.1 Å². The Morgan fingerprint density at radius 2 is 1.89 bits per heavy atom. The fraction of sp³-hybridized carbons (Fsp3) is 0.286. The van der Waals surface area contributed by atoms with Crippen LogP contribution in [-0.4, -0.2) is 41.1 Å². The molecule has 2 aromatic heterocycles. The second kappa shape index (κ2) is 8.33. The number of nitrogens with one attached hydrogen (secondary N) is 1. The summed E-state index contributed by atoms with van der Waals surface area (Å²) in [6, 6.07) is 14.8. The lowest BCUT2D eigenvalue weighted by atomic mass is 10.1. The maximum atomic E-state index is 12.5. The van der Waals surface area contributed by atoms with Crippen molar-refractivity contribution in [3.05, 3.63) is 76.8 Å². The third kappa shape index (κ3) is 3.95. The second-order valence-corrected chi connectivity index (χ2v) is 6.68. The maximum Gasteiger partial charge on any atom is 0.267 e. The number of methoxy groups -OCH3 is 1. The summed E-state index contributed by atoms with van der Waals surface area (Å²) in [4.78, 5) is 16.5. The number of pyridine rings is 1. The molecular formula is C21H22N4O3. The minimum Gasteiger partial charge on any atom is -0.497 e. The van der Waals surface area contributed by atoms with Crippen molar-refractivity contribution in [2.75, 3.05) is 20.3 Å². The molecule has 1 fully saturated rings. The van der Waals surface area contributed by atoms with Gasteiger partial charge < -0.3 is 14.8 Å². The monoisotopic (exact) mass is 378 g/mol. The van der Waals surface area contributed by atoms with Crippen LogP contribution in [0.3, 0.4) is 0 Å². The van der Waals surface area contributed by atoms with E-state index in [1.165, 1.54) is 4.68 Å². The summed E-state index contributed by atoms with van der Waals surface area (Å²) in [6.07, 6.45) is 3.43. The summed E-state index contributed by atoms with van der Waals surface area (Å²) in [7, 11) is 1.65. The Hall–Kier alpha value is -3.03. The lowest BCUT2D eigenvalue weighted by Gasteiger charge is -2.21. The smallest absolute Gasteiger partial charge is 0.267 e. The van der Waals surface area contributed by atoms with E-state index in [0.29, 0.717) is 19.8 Å². The third-order valence-corrected chi connectivity index (χ3v) is 4.89. The first-order valence-corrected chi connectivity index (χ1v) is 9.19. The van der Waals surface area contributed by atoms with Gasteiger partial charge >= 0.3 is 0 Å². The summed E-state index contributed by atoms with van der Waals surface area (Å²) in [6.45, 7) is 1.66. The van der Waals surface area contributed by atoms with E-state index in [9.17, 15) is 4.79 Å². The van der Waals surface area contributed by atoms with E-state index in [0.717, 1.165) is 22.6 Å². The van der Waals surface area contributed by atoms with Gasteiger partial charge in [0.1, 0.15) is 5.75 Å². The van der Waals surface area contributed by atoms with Gasteiger partial charge in [0.15, 0.2) is 0 Å². The highest BCUT2D eigenvalue weighted by molar-refractivity contribution is 5.57. The van der Waals surface area contributed by atoms with Crippen LogP contribution in [0.1, 0.15) is 11.6 Å². The summed E-state index contributed by atoms with van der Waals surface area (Å²) >= 11 is 0. The van der Waals surface area contributed by atoms with Gasteiger partial charge in [-0.15, -0.1) is 0 Å². The van der Waals surface area contributed by atoms with Crippen LogP contribution in [0.25, 0.3) is 11.3 Å². The summed E-state index contributed by atoms with van der Waals surface area (Å²) < 4.78 is 12.4. The highest BCUT2D eigenvalue weighted by atomic mass is 16.5.